The molecule has 3 N–H and O–H groups in total. The van der Waals surface area contributed by atoms with Gasteiger partial charge in [-0.3, -0.25) is 4.79 Å². The number of fused-ring (bicyclic) bond motifs is 1. The molecule has 4 heteroatoms. The van der Waals surface area contributed by atoms with Crippen LogP contribution in [0.15, 0.2) is 54.7 Å². The van der Waals surface area contributed by atoms with Gasteiger partial charge in [-0.1, -0.05) is 18.2 Å². The topological polar surface area (TPSA) is 56.9 Å². The van der Waals surface area contributed by atoms with Crippen LogP contribution in [0.1, 0.15) is 10.4 Å². The van der Waals surface area contributed by atoms with Crippen LogP contribution in [-0.2, 0) is 0 Å². The van der Waals surface area contributed by atoms with Crippen LogP contribution in [0, 0.1) is 0 Å². The Hall–Kier alpha value is -2.75. The number of H-pyrrole nitrogens is 1. The normalized spacial score (nSPS) is 10.4. The van der Waals surface area contributed by atoms with Gasteiger partial charge in [0, 0.05) is 30.1 Å². The molecule has 0 fully saturated rings. The SMILES string of the molecule is CNc1ccccc1C(=O)Nc1ccc2cc[nH]c2c1. The number of carbonyl (C=O) groups is 1. The molecule has 2 aromatic carbocycles. The molecule has 0 aliphatic rings. The highest BCUT2D eigenvalue weighted by atomic mass is 16.1. The minimum atomic E-state index is -0.124. The summed E-state index contributed by atoms with van der Waals surface area (Å²) >= 11 is 0. The summed E-state index contributed by atoms with van der Waals surface area (Å²) in [5, 5.41) is 7.06. The largest absolute Gasteiger partial charge is 0.387 e. The second kappa shape index (κ2) is 5.09. The van der Waals surface area contributed by atoms with Crippen molar-refractivity contribution in [1.29, 1.82) is 0 Å². The lowest BCUT2D eigenvalue weighted by Crippen LogP contribution is -2.13. The molecule has 1 amide bonds. The van der Waals surface area contributed by atoms with Crippen molar-refractivity contribution in [2.45, 2.75) is 0 Å². The Balaban J connectivity index is 1.88. The molecule has 0 unspecified atom stereocenters. The molecule has 100 valence electrons. The molecule has 1 heterocycles. The van der Waals surface area contributed by atoms with Crippen molar-refractivity contribution in [2.75, 3.05) is 17.7 Å². The zero-order valence-corrected chi connectivity index (χ0v) is 11.1. The summed E-state index contributed by atoms with van der Waals surface area (Å²) < 4.78 is 0. The lowest BCUT2D eigenvalue weighted by molar-refractivity contribution is 0.102. The maximum Gasteiger partial charge on any atom is 0.257 e. The van der Waals surface area contributed by atoms with Gasteiger partial charge in [0.2, 0.25) is 0 Å². The van der Waals surface area contributed by atoms with Crippen molar-refractivity contribution in [1.82, 2.24) is 4.98 Å². The third-order valence-corrected chi connectivity index (χ3v) is 3.25. The van der Waals surface area contributed by atoms with Crippen LogP contribution >= 0.6 is 0 Å². The summed E-state index contributed by atoms with van der Waals surface area (Å²) in [5.41, 5.74) is 3.22. The molecular weight excluding hydrogens is 250 g/mol. The zero-order chi connectivity index (χ0) is 13.9. The molecule has 0 atom stereocenters. The summed E-state index contributed by atoms with van der Waals surface area (Å²) in [5.74, 6) is -0.124. The fourth-order valence-corrected chi connectivity index (χ4v) is 2.22. The maximum absolute atomic E-state index is 12.3. The number of aromatic nitrogens is 1. The molecule has 0 bridgehead atoms. The first-order valence-electron chi connectivity index (χ1n) is 6.43. The number of benzene rings is 2. The minimum Gasteiger partial charge on any atom is -0.387 e. The molecular formula is C16H15N3O. The van der Waals surface area contributed by atoms with E-state index in [4.69, 9.17) is 0 Å². The number of hydrogen-bond donors (Lipinski definition) is 3. The van der Waals surface area contributed by atoms with E-state index in [1.807, 2.05) is 48.7 Å². The quantitative estimate of drug-likeness (QED) is 0.679. The number of hydrogen-bond acceptors (Lipinski definition) is 2. The van der Waals surface area contributed by atoms with E-state index in [1.54, 1.807) is 13.1 Å². The van der Waals surface area contributed by atoms with Gasteiger partial charge < -0.3 is 15.6 Å². The molecule has 20 heavy (non-hydrogen) atoms. The molecule has 0 aliphatic heterocycles. The van der Waals surface area contributed by atoms with Crippen LogP contribution in [0.5, 0.6) is 0 Å². The molecule has 3 rings (SSSR count). The van der Waals surface area contributed by atoms with Crippen molar-refractivity contribution in [3.8, 4) is 0 Å². The number of anilines is 2. The Kier molecular flexibility index (Phi) is 3.13. The third-order valence-electron chi connectivity index (χ3n) is 3.25. The first-order valence-corrected chi connectivity index (χ1v) is 6.43. The van der Waals surface area contributed by atoms with Gasteiger partial charge in [-0.05, 0) is 35.7 Å². The molecule has 3 aromatic rings. The number of amides is 1. The standard InChI is InChI=1S/C16H15N3O/c1-17-14-5-3-2-4-13(14)16(20)19-12-7-6-11-8-9-18-15(11)10-12/h2-10,17-18H,1H3,(H,19,20). The van der Waals surface area contributed by atoms with E-state index in [2.05, 4.69) is 15.6 Å². The molecule has 1 aromatic heterocycles. The monoisotopic (exact) mass is 265 g/mol. The lowest BCUT2D eigenvalue weighted by Gasteiger charge is -2.09. The molecule has 0 saturated heterocycles. The van der Waals surface area contributed by atoms with Crippen molar-refractivity contribution in [3.63, 3.8) is 0 Å². The Morgan fingerprint density at radius 1 is 1.10 bits per heavy atom. The average Bonchev–Trinajstić information content (AvgIpc) is 2.94. The van der Waals surface area contributed by atoms with Crippen molar-refractivity contribution in [2.24, 2.45) is 0 Å². The van der Waals surface area contributed by atoms with Crippen LogP contribution in [0.25, 0.3) is 10.9 Å². The second-order valence-corrected chi connectivity index (χ2v) is 4.53. The van der Waals surface area contributed by atoms with E-state index >= 15 is 0 Å². The van der Waals surface area contributed by atoms with Gasteiger partial charge in [0.1, 0.15) is 0 Å². The Labute approximate surface area is 116 Å². The second-order valence-electron chi connectivity index (χ2n) is 4.53. The molecule has 0 radical (unpaired) electrons. The number of nitrogens with one attached hydrogen (secondary N) is 3. The van der Waals surface area contributed by atoms with E-state index in [0.29, 0.717) is 5.56 Å². The van der Waals surface area contributed by atoms with E-state index in [9.17, 15) is 4.79 Å². The predicted molar refractivity (Wildman–Crippen MR) is 82.2 cm³/mol. The van der Waals surface area contributed by atoms with Crippen LogP contribution in [0.2, 0.25) is 0 Å². The summed E-state index contributed by atoms with van der Waals surface area (Å²) in [6.07, 6.45) is 1.88. The highest BCUT2D eigenvalue weighted by molar-refractivity contribution is 6.08. The maximum atomic E-state index is 12.3. The van der Waals surface area contributed by atoms with Crippen LogP contribution in [0.3, 0.4) is 0 Å². The highest BCUT2D eigenvalue weighted by Crippen LogP contribution is 2.20. The summed E-state index contributed by atoms with van der Waals surface area (Å²) in [7, 11) is 1.80. The van der Waals surface area contributed by atoms with Crippen LogP contribution < -0.4 is 10.6 Å². The summed E-state index contributed by atoms with van der Waals surface area (Å²) in [6.45, 7) is 0. The average molecular weight is 265 g/mol. The van der Waals surface area contributed by atoms with Crippen LogP contribution in [0.4, 0.5) is 11.4 Å². The number of aromatic amines is 1. The van der Waals surface area contributed by atoms with Gasteiger partial charge in [-0.25, -0.2) is 0 Å². The zero-order valence-electron chi connectivity index (χ0n) is 11.1. The van der Waals surface area contributed by atoms with Gasteiger partial charge in [-0.2, -0.15) is 0 Å². The van der Waals surface area contributed by atoms with E-state index < -0.39 is 0 Å². The summed E-state index contributed by atoms with van der Waals surface area (Å²) in [4.78, 5) is 15.4. The van der Waals surface area contributed by atoms with Crippen molar-refractivity contribution < 1.29 is 4.79 Å². The van der Waals surface area contributed by atoms with E-state index in [1.165, 1.54) is 0 Å². The Bertz CT molecular complexity index is 761. The summed E-state index contributed by atoms with van der Waals surface area (Å²) in [6, 6.07) is 15.2. The van der Waals surface area contributed by atoms with Gasteiger partial charge in [0.25, 0.3) is 5.91 Å². The Morgan fingerprint density at radius 2 is 1.95 bits per heavy atom. The van der Waals surface area contributed by atoms with Gasteiger partial charge in [0.15, 0.2) is 0 Å². The minimum absolute atomic E-state index is 0.124. The lowest BCUT2D eigenvalue weighted by atomic mass is 10.1. The van der Waals surface area contributed by atoms with E-state index in [-0.39, 0.29) is 5.91 Å². The smallest absolute Gasteiger partial charge is 0.257 e. The fraction of sp³-hybridized carbons (Fsp3) is 0.0625. The number of rotatable bonds is 3. The highest BCUT2D eigenvalue weighted by Gasteiger charge is 2.10. The molecule has 4 nitrogen and oxygen atoms in total. The van der Waals surface area contributed by atoms with Crippen LogP contribution in [-0.4, -0.2) is 17.9 Å². The third kappa shape index (κ3) is 2.23. The van der Waals surface area contributed by atoms with Gasteiger partial charge in [0.05, 0.1) is 5.56 Å². The predicted octanol–water partition coefficient (Wildman–Crippen LogP) is 3.46. The van der Waals surface area contributed by atoms with E-state index in [0.717, 1.165) is 22.3 Å². The molecule has 0 saturated carbocycles. The fourth-order valence-electron chi connectivity index (χ4n) is 2.22. The Morgan fingerprint density at radius 3 is 2.80 bits per heavy atom. The van der Waals surface area contributed by atoms with Gasteiger partial charge in [-0.15, -0.1) is 0 Å². The number of para-hydroxylation sites is 1. The van der Waals surface area contributed by atoms with Crippen molar-refractivity contribution in [3.05, 3.63) is 60.3 Å². The first kappa shape index (κ1) is 12.3. The first-order chi connectivity index (χ1) is 9.78. The molecule has 0 aliphatic carbocycles. The molecule has 0 spiro atoms. The number of carbonyl (C=O) groups excluding carboxylic acids is 1. The van der Waals surface area contributed by atoms with Crippen molar-refractivity contribution >= 4 is 28.2 Å². The van der Waals surface area contributed by atoms with Gasteiger partial charge >= 0.3 is 0 Å².